The summed E-state index contributed by atoms with van der Waals surface area (Å²) in [5.74, 6) is -0.278. The van der Waals surface area contributed by atoms with Gasteiger partial charge in [0.15, 0.2) is 0 Å². The summed E-state index contributed by atoms with van der Waals surface area (Å²) in [7, 11) is 1.49. The van der Waals surface area contributed by atoms with E-state index in [0.717, 1.165) is 25.7 Å². The van der Waals surface area contributed by atoms with Crippen LogP contribution in [0.4, 0.5) is 4.39 Å². The number of ether oxygens (including phenoxy) is 1. The monoisotopic (exact) mass is 399 g/mol. The van der Waals surface area contributed by atoms with Crippen molar-refractivity contribution in [3.63, 3.8) is 0 Å². The van der Waals surface area contributed by atoms with Gasteiger partial charge in [-0.15, -0.1) is 0 Å². The zero-order chi connectivity index (χ0) is 20.6. The van der Waals surface area contributed by atoms with E-state index in [9.17, 15) is 14.0 Å². The molecule has 29 heavy (non-hydrogen) atoms. The van der Waals surface area contributed by atoms with Crippen LogP contribution in [0, 0.1) is 11.7 Å². The van der Waals surface area contributed by atoms with Crippen molar-refractivity contribution < 1.29 is 18.7 Å². The van der Waals surface area contributed by atoms with Crippen LogP contribution in [-0.2, 0) is 9.53 Å². The van der Waals surface area contributed by atoms with Gasteiger partial charge in [-0.25, -0.2) is 4.39 Å². The number of aromatic nitrogens is 1. The minimum Gasteiger partial charge on any atom is -0.375 e. The second kappa shape index (κ2) is 10.1. The highest BCUT2D eigenvalue weighted by Crippen LogP contribution is 2.24. The van der Waals surface area contributed by atoms with Gasteiger partial charge in [0, 0.05) is 31.5 Å². The Hall–Kier alpha value is -2.80. The van der Waals surface area contributed by atoms with Gasteiger partial charge in [-0.3, -0.25) is 14.6 Å². The zero-order valence-electron chi connectivity index (χ0n) is 16.5. The largest absolute Gasteiger partial charge is 0.375 e. The van der Waals surface area contributed by atoms with Gasteiger partial charge in [-0.05, 0) is 49.4 Å². The predicted octanol–water partition coefficient (Wildman–Crippen LogP) is 2.94. The third-order valence-corrected chi connectivity index (χ3v) is 5.13. The summed E-state index contributed by atoms with van der Waals surface area (Å²) in [6.07, 6.45) is 5.30. The molecule has 1 aliphatic carbocycles. The Morgan fingerprint density at radius 1 is 1.24 bits per heavy atom. The van der Waals surface area contributed by atoms with E-state index in [1.54, 1.807) is 24.3 Å². The van der Waals surface area contributed by atoms with Crippen molar-refractivity contribution in [2.45, 2.75) is 31.7 Å². The Kier molecular flexibility index (Phi) is 7.30. The van der Waals surface area contributed by atoms with Gasteiger partial charge in [0.05, 0.1) is 11.3 Å². The van der Waals surface area contributed by atoms with E-state index in [1.807, 2.05) is 0 Å². The van der Waals surface area contributed by atoms with Crippen LogP contribution in [0.5, 0.6) is 0 Å². The van der Waals surface area contributed by atoms with Gasteiger partial charge in [0.1, 0.15) is 12.4 Å². The molecule has 3 rings (SSSR count). The number of methoxy groups -OCH3 is 1. The molecule has 154 valence electrons. The fourth-order valence-corrected chi connectivity index (χ4v) is 3.66. The molecular weight excluding hydrogens is 373 g/mol. The summed E-state index contributed by atoms with van der Waals surface area (Å²) in [6.45, 7) is 0.657. The Labute approximate surface area is 169 Å². The summed E-state index contributed by atoms with van der Waals surface area (Å²) in [4.78, 5) is 28.4. The maximum absolute atomic E-state index is 13.4. The summed E-state index contributed by atoms with van der Waals surface area (Å²) in [5.41, 5.74) is 1.76. The lowest BCUT2D eigenvalue weighted by atomic mass is 9.85. The number of carbonyl (C=O) groups excluding carboxylic acids is 2. The Bertz CT molecular complexity index is 841. The van der Waals surface area contributed by atoms with Crippen molar-refractivity contribution in [1.82, 2.24) is 15.6 Å². The van der Waals surface area contributed by atoms with Crippen molar-refractivity contribution in [3.8, 4) is 11.3 Å². The second-order valence-corrected chi connectivity index (χ2v) is 7.38. The van der Waals surface area contributed by atoms with Gasteiger partial charge in [-0.1, -0.05) is 18.6 Å². The summed E-state index contributed by atoms with van der Waals surface area (Å²) >= 11 is 0. The molecule has 0 radical (unpaired) electrons. The number of hydrogen-bond acceptors (Lipinski definition) is 4. The van der Waals surface area contributed by atoms with Crippen LogP contribution < -0.4 is 10.6 Å². The first kappa shape index (κ1) is 20.9. The highest BCUT2D eigenvalue weighted by Gasteiger charge is 2.24. The summed E-state index contributed by atoms with van der Waals surface area (Å²) in [5, 5.41) is 5.94. The van der Waals surface area contributed by atoms with Gasteiger partial charge in [0.2, 0.25) is 5.91 Å². The highest BCUT2D eigenvalue weighted by molar-refractivity contribution is 5.94. The van der Waals surface area contributed by atoms with E-state index < -0.39 is 0 Å². The molecule has 0 aliphatic heterocycles. The van der Waals surface area contributed by atoms with Crippen LogP contribution in [0.2, 0.25) is 0 Å². The van der Waals surface area contributed by atoms with Crippen molar-refractivity contribution in [3.05, 3.63) is 54.0 Å². The van der Waals surface area contributed by atoms with E-state index in [-0.39, 0.29) is 30.3 Å². The SMILES string of the molecule is COCC(=O)NCC1CCCC(NC(=O)c2ccc(-c3cccc(F)c3)nc2)C1. The lowest BCUT2D eigenvalue weighted by Gasteiger charge is -2.30. The van der Waals surface area contributed by atoms with Gasteiger partial charge < -0.3 is 15.4 Å². The van der Waals surface area contributed by atoms with Crippen LogP contribution in [0.1, 0.15) is 36.0 Å². The molecule has 7 heteroatoms. The third-order valence-electron chi connectivity index (χ3n) is 5.13. The topological polar surface area (TPSA) is 80.3 Å². The molecule has 0 bridgehead atoms. The van der Waals surface area contributed by atoms with E-state index in [0.29, 0.717) is 29.3 Å². The summed E-state index contributed by atoms with van der Waals surface area (Å²) in [6, 6.07) is 9.69. The number of halogens is 1. The predicted molar refractivity (Wildman–Crippen MR) is 108 cm³/mol. The number of carbonyl (C=O) groups is 2. The van der Waals surface area contributed by atoms with E-state index in [1.165, 1.54) is 25.4 Å². The fraction of sp³-hybridized carbons (Fsp3) is 0.409. The molecule has 2 unspecified atom stereocenters. The molecule has 2 atom stereocenters. The fourth-order valence-electron chi connectivity index (χ4n) is 3.66. The van der Waals surface area contributed by atoms with Crippen LogP contribution >= 0.6 is 0 Å². The third kappa shape index (κ3) is 6.09. The molecule has 2 N–H and O–H groups in total. The normalized spacial score (nSPS) is 18.8. The first-order chi connectivity index (χ1) is 14.0. The van der Waals surface area contributed by atoms with Gasteiger partial charge in [-0.2, -0.15) is 0 Å². The van der Waals surface area contributed by atoms with E-state index in [4.69, 9.17) is 4.74 Å². The quantitative estimate of drug-likeness (QED) is 0.750. The number of benzene rings is 1. The van der Waals surface area contributed by atoms with Crippen LogP contribution in [0.3, 0.4) is 0 Å². The number of amides is 2. The maximum atomic E-state index is 13.4. The molecule has 1 saturated carbocycles. The lowest BCUT2D eigenvalue weighted by molar-refractivity contribution is -0.124. The van der Waals surface area contributed by atoms with Gasteiger partial charge in [0.25, 0.3) is 5.91 Å². The maximum Gasteiger partial charge on any atom is 0.253 e. The van der Waals surface area contributed by atoms with Crippen molar-refractivity contribution in [2.75, 3.05) is 20.3 Å². The standard InChI is InChI=1S/C22H26FN3O3/c1-29-14-21(27)25-12-15-4-2-7-19(10-15)26-22(28)17-8-9-20(24-13-17)16-5-3-6-18(23)11-16/h3,5-6,8-9,11,13,15,19H,2,4,7,10,12,14H2,1H3,(H,25,27)(H,26,28). The minimum absolute atomic E-state index is 0.0610. The number of rotatable bonds is 7. The molecule has 6 nitrogen and oxygen atoms in total. The minimum atomic E-state index is -0.323. The highest BCUT2D eigenvalue weighted by atomic mass is 19.1. The number of nitrogens with zero attached hydrogens (tertiary/aromatic N) is 1. The Morgan fingerprint density at radius 3 is 2.83 bits per heavy atom. The Morgan fingerprint density at radius 2 is 2.10 bits per heavy atom. The Balaban J connectivity index is 1.53. The van der Waals surface area contributed by atoms with Gasteiger partial charge >= 0.3 is 0 Å². The molecule has 0 spiro atoms. The molecule has 1 heterocycles. The van der Waals surface area contributed by atoms with Crippen molar-refractivity contribution in [2.24, 2.45) is 5.92 Å². The molecule has 2 amide bonds. The molecule has 2 aromatic rings. The molecular formula is C22H26FN3O3. The zero-order valence-corrected chi connectivity index (χ0v) is 16.5. The van der Waals surface area contributed by atoms with Crippen LogP contribution in [-0.4, -0.2) is 43.1 Å². The van der Waals surface area contributed by atoms with E-state index in [2.05, 4.69) is 15.6 Å². The molecule has 1 aromatic heterocycles. The van der Waals surface area contributed by atoms with E-state index >= 15 is 0 Å². The first-order valence-corrected chi connectivity index (χ1v) is 9.83. The average Bonchev–Trinajstić information content (AvgIpc) is 2.73. The van der Waals surface area contributed by atoms with Crippen LogP contribution in [0.15, 0.2) is 42.6 Å². The summed E-state index contributed by atoms with van der Waals surface area (Å²) < 4.78 is 18.2. The van der Waals surface area contributed by atoms with Crippen molar-refractivity contribution in [1.29, 1.82) is 0 Å². The second-order valence-electron chi connectivity index (χ2n) is 7.38. The number of pyridine rings is 1. The first-order valence-electron chi connectivity index (χ1n) is 9.83. The smallest absolute Gasteiger partial charge is 0.253 e. The van der Waals surface area contributed by atoms with Crippen molar-refractivity contribution >= 4 is 11.8 Å². The van der Waals surface area contributed by atoms with Crippen LogP contribution in [0.25, 0.3) is 11.3 Å². The molecule has 1 fully saturated rings. The number of hydrogen-bond donors (Lipinski definition) is 2. The lowest BCUT2D eigenvalue weighted by Crippen LogP contribution is -2.41. The molecule has 0 saturated heterocycles. The molecule has 1 aromatic carbocycles. The number of nitrogens with one attached hydrogen (secondary N) is 2. The molecule has 1 aliphatic rings. The average molecular weight is 399 g/mol.